The number of hydrogen-bond acceptors (Lipinski definition) is 5. The first-order valence-corrected chi connectivity index (χ1v) is 7.09. The van der Waals surface area contributed by atoms with Crippen molar-refractivity contribution in [2.75, 3.05) is 36.9 Å². The molecule has 1 unspecified atom stereocenters. The number of anilines is 2. The van der Waals surface area contributed by atoms with Gasteiger partial charge in [0.25, 0.3) is 0 Å². The lowest BCUT2D eigenvalue weighted by Crippen LogP contribution is -2.54. The lowest BCUT2D eigenvalue weighted by atomic mass is 10.1. The van der Waals surface area contributed by atoms with E-state index in [1.807, 2.05) is 11.8 Å². The molecule has 1 saturated heterocycles. The lowest BCUT2D eigenvalue weighted by Gasteiger charge is -2.37. The number of hydrogen-bond donors (Lipinski definition) is 2. The van der Waals surface area contributed by atoms with E-state index in [-0.39, 0.29) is 11.9 Å². The van der Waals surface area contributed by atoms with E-state index in [9.17, 15) is 4.79 Å². The van der Waals surface area contributed by atoms with Crippen molar-refractivity contribution in [3.63, 3.8) is 0 Å². The molecule has 1 atom stereocenters. The Morgan fingerprint density at radius 1 is 1.62 bits per heavy atom. The normalized spacial score (nSPS) is 18.1. The number of nitriles is 1. The molecule has 3 N–H and O–H groups in total. The molecular weight excluding hydrogens is 268 g/mol. The smallest absolute Gasteiger partial charge is 0.245 e. The lowest BCUT2D eigenvalue weighted by molar-refractivity contribution is -0.124. The molecule has 0 aliphatic carbocycles. The first-order valence-electron chi connectivity index (χ1n) is 7.09. The minimum absolute atomic E-state index is 0.0553. The van der Waals surface area contributed by atoms with Crippen LogP contribution in [0.4, 0.5) is 11.4 Å². The molecule has 1 heterocycles. The maximum Gasteiger partial charge on any atom is 0.245 e. The molecular formula is C15H20N4O2. The van der Waals surface area contributed by atoms with E-state index in [2.05, 4.69) is 11.4 Å². The highest BCUT2D eigenvalue weighted by Gasteiger charge is 2.30. The fraction of sp³-hybridized carbons (Fsp3) is 0.467. The van der Waals surface area contributed by atoms with Crippen LogP contribution in [-0.2, 0) is 9.53 Å². The Labute approximate surface area is 124 Å². The molecule has 0 aromatic heterocycles. The molecule has 1 aromatic carbocycles. The summed E-state index contributed by atoms with van der Waals surface area (Å²) in [6.45, 7) is 4.15. The molecule has 1 aromatic rings. The standard InChI is InChI=1S/C15H20N4O2/c1-2-5-18-15(20)14-10-21-7-6-19(14)13-4-3-11(9-16)8-12(13)17/h3-4,8,14H,2,5-7,10,17H2,1H3,(H,18,20). The Bertz CT molecular complexity index is 553. The molecule has 0 radical (unpaired) electrons. The summed E-state index contributed by atoms with van der Waals surface area (Å²) in [6.07, 6.45) is 0.887. The number of carbonyl (C=O) groups is 1. The van der Waals surface area contributed by atoms with Crippen molar-refractivity contribution in [1.82, 2.24) is 5.32 Å². The van der Waals surface area contributed by atoms with E-state index in [1.165, 1.54) is 0 Å². The number of rotatable bonds is 4. The van der Waals surface area contributed by atoms with Crippen LogP contribution in [0.15, 0.2) is 18.2 Å². The van der Waals surface area contributed by atoms with Gasteiger partial charge in [0.15, 0.2) is 0 Å². The van der Waals surface area contributed by atoms with Crippen molar-refractivity contribution >= 4 is 17.3 Å². The van der Waals surface area contributed by atoms with Crippen molar-refractivity contribution < 1.29 is 9.53 Å². The number of nitrogens with one attached hydrogen (secondary N) is 1. The Kier molecular flexibility index (Phi) is 5.01. The molecule has 2 rings (SSSR count). The van der Waals surface area contributed by atoms with Gasteiger partial charge in [0.2, 0.25) is 5.91 Å². The summed E-state index contributed by atoms with van der Waals surface area (Å²) < 4.78 is 5.42. The third kappa shape index (κ3) is 3.44. The van der Waals surface area contributed by atoms with Crippen LogP contribution < -0.4 is 16.0 Å². The minimum Gasteiger partial charge on any atom is -0.397 e. The van der Waals surface area contributed by atoms with Crippen LogP contribution >= 0.6 is 0 Å². The molecule has 6 heteroatoms. The van der Waals surface area contributed by atoms with Gasteiger partial charge in [-0.3, -0.25) is 4.79 Å². The first kappa shape index (κ1) is 15.1. The van der Waals surface area contributed by atoms with Crippen molar-refractivity contribution in [3.05, 3.63) is 23.8 Å². The minimum atomic E-state index is -0.388. The predicted molar refractivity (Wildman–Crippen MR) is 80.8 cm³/mol. The molecule has 21 heavy (non-hydrogen) atoms. The maximum atomic E-state index is 12.2. The zero-order valence-electron chi connectivity index (χ0n) is 12.1. The molecule has 1 fully saturated rings. The summed E-state index contributed by atoms with van der Waals surface area (Å²) in [5.74, 6) is -0.0553. The van der Waals surface area contributed by atoms with Crippen LogP contribution in [0.25, 0.3) is 0 Å². The number of amides is 1. The summed E-state index contributed by atoms with van der Waals surface area (Å²) in [5.41, 5.74) is 7.81. The molecule has 1 aliphatic heterocycles. The zero-order valence-corrected chi connectivity index (χ0v) is 12.1. The van der Waals surface area contributed by atoms with E-state index in [0.717, 1.165) is 12.1 Å². The largest absolute Gasteiger partial charge is 0.397 e. The second kappa shape index (κ2) is 6.95. The van der Waals surface area contributed by atoms with Crippen LogP contribution in [0.2, 0.25) is 0 Å². The fourth-order valence-corrected chi connectivity index (χ4v) is 2.36. The number of nitrogen functional groups attached to an aromatic ring is 1. The SMILES string of the molecule is CCCNC(=O)C1COCCN1c1ccc(C#N)cc1N. The number of benzene rings is 1. The highest BCUT2D eigenvalue weighted by molar-refractivity contribution is 5.87. The van der Waals surface area contributed by atoms with E-state index in [0.29, 0.717) is 37.6 Å². The van der Waals surface area contributed by atoms with Gasteiger partial charge in [-0.15, -0.1) is 0 Å². The van der Waals surface area contributed by atoms with Gasteiger partial charge in [0.05, 0.1) is 36.2 Å². The summed E-state index contributed by atoms with van der Waals surface area (Å²) in [4.78, 5) is 14.2. The fourth-order valence-electron chi connectivity index (χ4n) is 2.36. The summed E-state index contributed by atoms with van der Waals surface area (Å²) >= 11 is 0. The van der Waals surface area contributed by atoms with E-state index in [4.69, 9.17) is 15.7 Å². The molecule has 1 amide bonds. The highest BCUT2D eigenvalue weighted by atomic mass is 16.5. The summed E-state index contributed by atoms with van der Waals surface area (Å²) in [6, 6.07) is 6.80. The van der Waals surface area contributed by atoms with Crippen LogP contribution in [0.3, 0.4) is 0 Å². The summed E-state index contributed by atoms with van der Waals surface area (Å²) in [5, 5.41) is 11.8. The third-order valence-corrected chi connectivity index (χ3v) is 3.45. The van der Waals surface area contributed by atoms with Gasteiger partial charge < -0.3 is 20.7 Å². The van der Waals surface area contributed by atoms with Crippen molar-refractivity contribution in [3.8, 4) is 6.07 Å². The second-order valence-corrected chi connectivity index (χ2v) is 4.96. The molecule has 0 saturated carbocycles. The Morgan fingerprint density at radius 2 is 2.43 bits per heavy atom. The van der Waals surface area contributed by atoms with Gasteiger partial charge in [0, 0.05) is 13.1 Å². The maximum absolute atomic E-state index is 12.2. The molecule has 6 nitrogen and oxygen atoms in total. The first-order chi connectivity index (χ1) is 10.2. The second-order valence-electron chi connectivity index (χ2n) is 4.96. The van der Waals surface area contributed by atoms with Crippen LogP contribution in [0.1, 0.15) is 18.9 Å². The average Bonchev–Trinajstić information content (AvgIpc) is 2.52. The van der Waals surface area contributed by atoms with Crippen LogP contribution in [0.5, 0.6) is 0 Å². The topological polar surface area (TPSA) is 91.4 Å². The summed E-state index contributed by atoms with van der Waals surface area (Å²) in [7, 11) is 0. The van der Waals surface area contributed by atoms with Gasteiger partial charge in [0.1, 0.15) is 6.04 Å². The number of ether oxygens (including phenoxy) is 1. The molecule has 112 valence electrons. The number of carbonyl (C=O) groups excluding carboxylic acids is 1. The molecule has 0 bridgehead atoms. The number of nitrogens with zero attached hydrogens (tertiary/aromatic N) is 2. The van der Waals surface area contributed by atoms with Gasteiger partial charge in [-0.25, -0.2) is 0 Å². The van der Waals surface area contributed by atoms with Gasteiger partial charge >= 0.3 is 0 Å². The van der Waals surface area contributed by atoms with Crippen LogP contribution in [0, 0.1) is 11.3 Å². The average molecular weight is 288 g/mol. The van der Waals surface area contributed by atoms with Gasteiger partial charge in [-0.2, -0.15) is 5.26 Å². The Morgan fingerprint density at radius 3 is 3.10 bits per heavy atom. The number of morpholine rings is 1. The quantitative estimate of drug-likeness (QED) is 0.802. The predicted octanol–water partition coefficient (Wildman–Crippen LogP) is 0.872. The van der Waals surface area contributed by atoms with E-state index >= 15 is 0 Å². The third-order valence-electron chi connectivity index (χ3n) is 3.45. The van der Waals surface area contributed by atoms with Crippen molar-refractivity contribution in [2.24, 2.45) is 0 Å². The Hall–Kier alpha value is -2.26. The van der Waals surface area contributed by atoms with Gasteiger partial charge in [-0.05, 0) is 24.6 Å². The van der Waals surface area contributed by atoms with Gasteiger partial charge in [-0.1, -0.05) is 6.92 Å². The Balaban J connectivity index is 2.22. The van der Waals surface area contributed by atoms with Crippen molar-refractivity contribution in [2.45, 2.75) is 19.4 Å². The van der Waals surface area contributed by atoms with Crippen LogP contribution in [-0.4, -0.2) is 38.3 Å². The van der Waals surface area contributed by atoms with Crippen molar-refractivity contribution in [1.29, 1.82) is 5.26 Å². The number of nitrogens with two attached hydrogens (primary N) is 1. The molecule has 1 aliphatic rings. The molecule has 0 spiro atoms. The van der Waals surface area contributed by atoms with E-state index in [1.54, 1.807) is 18.2 Å². The zero-order chi connectivity index (χ0) is 15.2. The monoisotopic (exact) mass is 288 g/mol. The van der Waals surface area contributed by atoms with E-state index < -0.39 is 0 Å². The highest BCUT2D eigenvalue weighted by Crippen LogP contribution is 2.27.